The van der Waals surface area contributed by atoms with Crippen LogP contribution in [0.5, 0.6) is 0 Å². The maximum atomic E-state index is 5.93. The van der Waals surface area contributed by atoms with Crippen LogP contribution in [0.3, 0.4) is 0 Å². The molecule has 0 radical (unpaired) electrons. The van der Waals surface area contributed by atoms with Crippen LogP contribution in [0.25, 0.3) is 0 Å². The summed E-state index contributed by atoms with van der Waals surface area (Å²) in [6, 6.07) is 0. The second-order valence-corrected chi connectivity index (χ2v) is 4.44. The highest BCUT2D eigenvalue weighted by Gasteiger charge is 2.10. The third kappa shape index (κ3) is 6.67. The second kappa shape index (κ2) is 5.82. The standard InChI is InChI=1S/C13H23N/c1-6-11(3)10-12(7-2)8-9-13(4,5)14/h6-7,10H,1,8-9,14H2,2-5H3/b11-10-,12-7-. The SMILES string of the molecule is C=C/C(C)=C\C(=C/C)CCC(C)(C)N. The molecule has 0 aromatic heterocycles. The number of hydrogen-bond acceptors (Lipinski definition) is 1. The van der Waals surface area contributed by atoms with Crippen molar-refractivity contribution in [3.8, 4) is 0 Å². The lowest BCUT2D eigenvalue weighted by Crippen LogP contribution is -2.31. The van der Waals surface area contributed by atoms with Gasteiger partial charge in [0.2, 0.25) is 0 Å². The summed E-state index contributed by atoms with van der Waals surface area (Å²) in [4.78, 5) is 0. The Balaban J connectivity index is 4.27. The molecule has 0 aromatic rings. The number of hydrogen-bond donors (Lipinski definition) is 1. The molecule has 1 heteroatoms. The van der Waals surface area contributed by atoms with E-state index in [1.54, 1.807) is 0 Å². The highest BCUT2D eigenvalue weighted by molar-refractivity contribution is 5.27. The van der Waals surface area contributed by atoms with Gasteiger partial charge >= 0.3 is 0 Å². The monoisotopic (exact) mass is 193 g/mol. The Hall–Kier alpha value is -0.820. The topological polar surface area (TPSA) is 26.0 Å². The smallest absolute Gasteiger partial charge is 0.0100 e. The first-order valence-corrected chi connectivity index (χ1v) is 5.14. The Kier molecular flexibility index (Phi) is 5.47. The molecule has 0 spiro atoms. The zero-order chi connectivity index (χ0) is 11.2. The lowest BCUT2D eigenvalue weighted by molar-refractivity contribution is 0.477. The first-order chi connectivity index (χ1) is 6.39. The number of allylic oxidation sites excluding steroid dienone is 5. The van der Waals surface area contributed by atoms with Crippen molar-refractivity contribution in [2.75, 3.05) is 0 Å². The Morgan fingerprint density at radius 3 is 2.36 bits per heavy atom. The number of rotatable bonds is 5. The Bertz CT molecular complexity index is 238. The van der Waals surface area contributed by atoms with Gasteiger partial charge in [0.05, 0.1) is 0 Å². The van der Waals surface area contributed by atoms with Crippen molar-refractivity contribution in [2.45, 2.75) is 46.1 Å². The lowest BCUT2D eigenvalue weighted by Gasteiger charge is -2.18. The van der Waals surface area contributed by atoms with Gasteiger partial charge in [-0.2, -0.15) is 0 Å². The molecule has 0 aliphatic heterocycles. The molecule has 0 saturated heterocycles. The van der Waals surface area contributed by atoms with E-state index in [1.165, 1.54) is 11.1 Å². The summed E-state index contributed by atoms with van der Waals surface area (Å²) in [6.45, 7) is 12.0. The normalized spacial score (nSPS) is 14.4. The van der Waals surface area contributed by atoms with Gasteiger partial charge in [0.1, 0.15) is 0 Å². The van der Waals surface area contributed by atoms with E-state index >= 15 is 0 Å². The van der Waals surface area contributed by atoms with Crippen LogP contribution >= 0.6 is 0 Å². The van der Waals surface area contributed by atoms with Gasteiger partial charge in [0.25, 0.3) is 0 Å². The molecule has 0 unspecified atom stereocenters. The first-order valence-electron chi connectivity index (χ1n) is 5.14. The molecule has 0 aliphatic rings. The van der Waals surface area contributed by atoms with Gasteiger partial charge in [-0.15, -0.1) is 0 Å². The third-order valence-electron chi connectivity index (χ3n) is 2.16. The van der Waals surface area contributed by atoms with E-state index in [0.29, 0.717) is 0 Å². The van der Waals surface area contributed by atoms with Gasteiger partial charge in [-0.3, -0.25) is 0 Å². The fourth-order valence-electron chi connectivity index (χ4n) is 1.12. The quantitative estimate of drug-likeness (QED) is 0.663. The van der Waals surface area contributed by atoms with Crippen molar-refractivity contribution in [1.29, 1.82) is 0 Å². The molecule has 0 atom stereocenters. The molecule has 0 amide bonds. The van der Waals surface area contributed by atoms with Gasteiger partial charge < -0.3 is 5.73 Å². The first kappa shape index (κ1) is 13.2. The largest absolute Gasteiger partial charge is 0.326 e. The molecule has 80 valence electrons. The molecule has 0 aliphatic carbocycles. The Labute approximate surface area is 88.4 Å². The van der Waals surface area contributed by atoms with Gasteiger partial charge in [0.15, 0.2) is 0 Å². The highest BCUT2D eigenvalue weighted by atomic mass is 14.7. The minimum absolute atomic E-state index is 0.0792. The molecular weight excluding hydrogens is 170 g/mol. The predicted octanol–water partition coefficient (Wildman–Crippen LogP) is 3.58. The van der Waals surface area contributed by atoms with Gasteiger partial charge in [-0.05, 0) is 40.5 Å². The highest BCUT2D eigenvalue weighted by Crippen LogP contribution is 2.15. The second-order valence-electron chi connectivity index (χ2n) is 4.44. The minimum Gasteiger partial charge on any atom is -0.326 e. The van der Waals surface area contributed by atoms with Crippen molar-refractivity contribution in [2.24, 2.45) is 5.73 Å². The van der Waals surface area contributed by atoms with E-state index in [4.69, 9.17) is 5.73 Å². The van der Waals surface area contributed by atoms with E-state index in [-0.39, 0.29) is 5.54 Å². The van der Waals surface area contributed by atoms with Crippen LogP contribution in [0.1, 0.15) is 40.5 Å². The van der Waals surface area contributed by atoms with Crippen molar-refractivity contribution in [1.82, 2.24) is 0 Å². The molecule has 0 aromatic carbocycles. The van der Waals surface area contributed by atoms with Crippen LogP contribution in [0.15, 0.2) is 36.0 Å². The molecule has 0 bridgehead atoms. The maximum Gasteiger partial charge on any atom is 0.0100 e. The fraction of sp³-hybridized carbons (Fsp3) is 0.538. The summed E-state index contributed by atoms with van der Waals surface area (Å²) in [7, 11) is 0. The average Bonchev–Trinajstić information content (AvgIpc) is 2.10. The molecule has 0 rings (SSSR count). The van der Waals surface area contributed by atoms with Crippen LogP contribution in [0.4, 0.5) is 0 Å². The molecule has 2 N–H and O–H groups in total. The average molecular weight is 193 g/mol. The summed E-state index contributed by atoms with van der Waals surface area (Å²) >= 11 is 0. The summed E-state index contributed by atoms with van der Waals surface area (Å²) in [6.07, 6.45) is 8.22. The maximum absolute atomic E-state index is 5.93. The molecular formula is C13H23N. The molecule has 0 fully saturated rings. The van der Waals surface area contributed by atoms with Crippen molar-refractivity contribution in [3.63, 3.8) is 0 Å². The van der Waals surface area contributed by atoms with Crippen LogP contribution in [0, 0.1) is 0 Å². The minimum atomic E-state index is -0.0792. The zero-order valence-corrected chi connectivity index (χ0v) is 9.93. The van der Waals surface area contributed by atoms with Crippen molar-refractivity contribution >= 4 is 0 Å². The number of nitrogens with two attached hydrogens (primary N) is 1. The van der Waals surface area contributed by atoms with E-state index < -0.39 is 0 Å². The fourth-order valence-corrected chi connectivity index (χ4v) is 1.12. The summed E-state index contributed by atoms with van der Waals surface area (Å²) in [5.41, 5.74) is 8.39. The molecule has 14 heavy (non-hydrogen) atoms. The molecule has 1 nitrogen and oxygen atoms in total. The third-order valence-corrected chi connectivity index (χ3v) is 2.16. The van der Waals surface area contributed by atoms with E-state index in [0.717, 1.165) is 12.8 Å². The van der Waals surface area contributed by atoms with Crippen molar-refractivity contribution in [3.05, 3.63) is 36.0 Å². The van der Waals surface area contributed by atoms with Crippen LogP contribution < -0.4 is 5.73 Å². The van der Waals surface area contributed by atoms with Gasteiger partial charge in [-0.25, -0.2) is 0 Å². The van der Waals surface area contributed by atoms with Gasteiger partial charge in [0, 0.05) is 5.54 Å². The van der Waals surface area contributed by atoms with Crippen LogP contribution in [0.2, 0.25) is 0 Å². The Morgan fingerprint density at radius 1 is 1.43 bits per heavy atom. The van der Waals surface area contributed by atoms with Gasteiger partial charge in [-0.1, -0.05) is 36.0 Å². The lowest BCUT2D eigenvalue weighted by atomic mass is 9.95. The summed E-state index contributed by atoms with van der Waals surface area (Å²) < 4.78 is 0. The van der Waals surface area contributed by atoms with E-state index in [9.17, 15) is 0 Å². The molecule has 0 saturated carbocycles. The van der Waals surface area contributed by atoms with Crippen LogP contribution in [-0.2, 0) is 0 Å². The summed E-state index contributed by atoms with van der Waals surface area (Å²) in [5, 5.41) is 0. The molecule has 0 heterocycles. The Morgan fingerprint density at radius 2 is 2.00 bits per heavy atom. The van der Waals surface area contributed by atoms with E-state index in [1.807, 2.05) is 6.08 Å². The predicted molar refractivity (Wildman–Crippen MR) is 65.2 cm³/mol. The zero-order valence-electron chi connectivity index (χ0n) is 9.93. The van der Waals surface area contributed by atoms with E-state index in [2.05, 4.69) is 46.4 Å². The summed E-state index contributed by atoms with van der Waals surface area (Å²) in [5.74, 6) is 0. The van der Waals surface area contributed by atoms with Crippen molar-refractivity contribution < 1.29 is 0 Å². The van der Waals surface area contributed by atoms with Crippen LogP contribution in [-0.4, -0.2) is 5.54 Å².